The first-order valence-electron chi connectivity index (χ1n) is 17.1. The first-order valence-corrected chi connectivity index (χ1v) is 17.1. The summed E-state index contributed by atoms with van der Waals surface area (Å²) in [5.74, 6) is 1.72. The molecule has 10 aromatic rings. The van der Waals surface area contributed by atoms with E-state index in [1.54, 1.807) is 0 Å². The summed E-state index contributed by atoms with van der Waals surface area (Å²) >= 11 is 0. The third kappa shape index (κ3) is 4.76. The fraction of sp³-hybridized carbons (Fsp3) is 0. The Balaban J connectivity index is 1.27. The molecule has 0 amide bonds. The van der Waals surface area contributed by atoms with E-state index in [1.807, 2.05) is 103 Å². The van der Waals surface area contributed by atoms with Gasteiger partial charge in [0.25, 0.3) is 0 Å². The number of aromatic nitrogens is 4. The van der Waals surface area contributed by atoms with Crippen molar-refractivity contribution in [3.05, 3.63) is 169 Å². The van der Waals surface area contributed by atoms with E-state index in [1.165, 1.54) is 0 Å². The number of para-hydroxylation sites is 2. The van der Waals surface area contributed by atoms with Crippen LogP contribution < -0.4 is 0 Å². The zero-order valence-corrected chi connectivity index (χ0v) is 27.7. The molecule has 0 fully saturated rings. The SMILES string of the molecule is N#Cc1ccccc1-c1cc(-c2nc(-c3ccccc3)nc(-c3ccccc3)n2)ccc1-n1c2ccccc2c2cc3oc4ccccc4c3cc21. The zero-order chi connectivity index (χ0) is 34.6. The number of nitrogens with zero attached hydrogens (tertiary/aromatic N) is 5. The second-order valence-electron chi connectivity index (χ2n) is 12.7. The molecule has 0 aliphatic rings. The predicted molar refractivity (Wildman–Crippen MR) is 208 cm³/mol. The summed E-state index contributed by atoms with van der Waals surface area (Å²) in [6, 6.07) is 57.4. The van der Waals surface area contributed by atoms with Crippen LogP contribution in [0, 0.1) is 11.3 Å². The average molecular weight is 666 g/mol. The molecule has 0 N–H and O–H groups in total. The minimum Gasteiger partial charge on any atom is -0.456 e. The lowest BCUT2D eigenvalue weighted by atomic mass is 9.96. The minimum absolute atomic E-state index is 0.545. The molecule has 0 spiro atoms. The highest BCUT2D eigenvalue weighted by Crippen LogP contribution is 2.41. The number of rotatable bonds is 5. The van der Waals surface area contributed by atoms with Crippen LogP contribution in [0.2, 0.25) is 0 Å². The van der Waals surface area contributed by atoms with Gasteiger partial charge < -0.3 is 8.98 Å². The Kier molecular flexibility index (Phi) is 6.76. The van der Waals surface area contributed by atoms with Gasteiger partial charge in [0, 0.05) is 49.4 Å². The van der Waals surface area contributed by atoms with Crippen LogP contribution in [-0.4, -0.2) is 19.5 Å². The minimum atomic E-state index is 0.545. The molecule has 0 aliphatic heterocycles. The van der Waals surface area contributed by atoms with Gasteiger partial charge in [-0.3, -0.25) is 0 Å². The van der Waals surface area contributed by atoms with E-state index in [0.717, 1.165) is 77.2 Å². The number of nitriles is 1. The second-order valence-corrected chi connectivity index (χ2v) is 12.7. The van der Waals surface area contributed by atoms with Crippen LogP contribution in [0.5, 0.6) is 0 Å². The molecule has 0 saturated carbocycles. The van der Waals surface area contributed by atoms with Crippen molar-refractivity contribution in [1.82, 2.24) is 19.5 Å². The van der Waals surface area contributed by atoms with Gasteiger partial charge in [-0.2, -0.15) is 5.26 Å². The van der Waals surface area contributed by atoms with Gasteiger partial charge in [-0.15, -0.1) is 0 Å². The molecule has 0 unspecified atom stereocenters. The fourth-order valence-electron chi connectivity index (χ4n) is 7.29. The Morgan fingerprint density at radius 3 is 1.79 bits per heavy atom. The third-order valence-corrected chi connectivity index (χ3v) is 9.70. The maximum atomic E-state index is 10.4. The quantitative estimate of drug-likeness (QED) is 0.183. The van der Waals surface area contributed by atoms with Gasteiger partial charge in [-0.05, 0) is 48.5 Å². The molecule has 0 bridgehead atoms. The number of hydrogen-bond acceptors (Lipinski definition) is 5. The van der Waals surface area contributed by atoms with Crippen LogP contribution >= 0.6 is 0 Å². The molecule has 10 rings (SSSR count). The number of benzene rings is 7. The van der Waals surface area contributed by atoms with E-state index in [0.29, 0.717) is 23.0 Å². The van der Waals surface area contributed by atoms with Gasteiger partial charge in [0.05, 0.1) is 28.4 Å². The molecule has 0 atom stereocenters. The monoisotopic (exact) mass is 665 g/mol. The molecule has 3 heterocycles. The topological polar surface area (TPSA) is 80.5 Å². The largest absolute Gasteiger partial charge is 0.456 e. The molecule has 7 aromatic carbocycles. The average Bonchev–Trinajstić information content (AvgIpc) is 3.75. The lowest BCUT2D eigenvalue weighted by Crippen LogP contribution is -2.02. The molecule has 0 aliphatic carbocycles. The lowest BCUT2D eigenvalue weighted by molar-refractivity contribution is 0.669. The van der Waals surface area contributed by atoms with Crippen LogP contribution in [0.4, 0.5) is 0 Å². The van der Waals surface area contributed by atoms with Crippen molar-refractivity contribution >= 4 is 43.7 Å². The van der Waals surface area contributed by atoms with Crippen LogP contribution in [0.1, 0.15) is 5.56 Å². The molecule has 0 radical (unpaired) electrons. The van der Waals surface area contributed by atoms with Crippen molar-refractivity contribution in [3.8, 4) is 57.0 Å². The van der Waals surface area contributed by atoms with E-state index < -0.39 is 0 Å². The van der Waals surface area contributed by atoms with Gasteiger partial charge in [-0.1, -0.05) is 115 Å². The van der Waals surface area contributed by atoms with Crippen molar-refractivity contribution < 1.29 is 4.42 Å². The van der Waals surface area contributed by atoms with Crippen LogP contribution in [0.15, 0.2) is 168 Å². The predicted octanol–water partition coefficient (Wildman–Crippen LogP) is 11.4. The normalized spacial score (nSPS) is 11.4. The van der Waals surface area contributed by atoms with E-state index in [-0.39, 0.29) is 0 Å². The summed E-state index contributed by atoms with van der Waals surface area (Å²) in [4.78, 5) is 14.9. The first-order chi connectivity index (χ1) is 25.7. The highest BCUT2D eigenvalue weighted by Gasteiger charge is 2.21. The lowest BCUT2D eigenvalue weighted by Gasteiger charge is -2.17. The van der Waals surface area contributed by atoms with Gasteiger partial charge >= 0.3 is 0 Å². The smallest absolute Gasteiger partial charge is 0.164 e. The van der Waals surface area contributed by atoms with Gasteiger partial charge in [0.2, 0.25) is 0 Å². The number of hydrogen-bond donors (Lipinski definition) is 0. The Labute approximate surface area is 298 Å². The number of fused-ring (bicyclic) bond motifs is 6. The van der Waals surface area contributed by atoms with Gasteiger partial charge in [0.15, 0.2) is 17.5 Å². The fourth-order valence-corrected chi connectivity index (χ4v) is 7.29. The Morgan fingerprint density at radius 1 is 0.442 bits per heavy atom. The third-order valence-electron chi connectivity index (χ3n) is 9.70. The summed E-state index contributed by atoms with van der Waals surface area (Å²) in [5, 5.41) is 14.7. The standard InChI is InChI=1S/C46H27N5O/c47-28-32-17-7-8-18-33(32)36-25-31(46-49-44(29-13-3-1-4-14-29)48-45(50-46)30-15-5-2-6-16-30)23-24-40(36)51-39-21-11-9-19-34(39)37-27-43-38(26-41(37)51)35-20-10-12-22-42(35)52-43/h1-27H. The molecule has 6 heteroatoms. The number of furan rings is 1. The van der Waals surface area contributed by atoms with Crippen molar-refractivity contribution in [3.63, 3.8) is 0 Å². The molecule has 52 heavy (non-hydrogen) atoms. The zero-order valence-electron chi connectivity index (χ0n) is 27.7. The summed E-state index contributed by atoms with van der Waals surface area (Å²) in [6.45, 7) is 0. The van der Waals surface area contributed by atoms with E-state index >= 15 is 0 Å². The van der Waals surface area contributed by atoms with Crippen LogP contribution in [-0.2, 0) is 0 Å². The Morgan fingerprint density at radius 2 is 1.06 bits per heavy atom. The van der Waals surface area contributed by atoms with Gasteiger partial charge in [-0.25, -0.2) is 15.0 Å². The van der Waals surface area contributed by atoms with Crippen molar-refractivity contribution in [1.29, 1.82) is 5.26 Å². The van der Waals surface area contributed by atoms with Crippen molar-refractivity contribution in [2.24, 2.45) is 0 Å². The van der Waals surface area contributed by atoms with E-state index in [4.69, 9.17) is 19.4 Å². The Bertz CT molecular complexity index is 2970. The first kappa shape index (κ1) is 29.5. The molecule has 0 saturated heterocycles. The van der Waals surface area contributed by atoms with Gasteiger partial charge in [0.1, 0.15) is 11.2 Å². The molecular formula is C46H27N5O. The highest BCUT2D eigenvalue weighted by atomic mass is 16.3. The van der Waals surface area contributed by atoms with Crippen LogP contribution in [0.3, 0.4) is 0 Å². The maximum Gasteiger partial charge on any atom is 0.164 e. The molecule has 3 aromatic heterocycles. The molecule has 242 valence electrons. The summed E-state index contributed by atoms with van der Waals surface area (Å²) in [7, 11) is 0. The summed E-state index contributed by atoms with van der Waals surface area (Å²) < 4.78 is 8.63. The summed E-state index contributed by atoms with van der Waals surface area (Å²) in [6.07, 6.45) is 0. The Hall–Kier alpha value is -7.36. The van der Waals surface area contributed by atoms with Crippen molar-refractivity contribution in [2.45, 2.75) is 0 Å². The second kappa shape index (κ2) is 11.9. The summed E-state index contributed by atoms with van der Waals surface area (Å²) in [5.41, 5.74) is 9.64. The van der Waals surface area contributed by atoms with Crippen molar-refractivity contribution in [2.75, 3.05) is 0 Å². The molecular weight excluding hydrogens is 639 g/mol. The highest BCUT2D eigenvalue weighted by molar-refractivity contribution is 6.17. The molecule has 6 nitrogen and oxygen atoms in total. The van der Waals surface area contributed by atoms with Crippen LogP contribution in [0.25, 0.3) is 94.7 Å². The van der Waals surface area contributed by atoms with E-state index in [9.17, 15) is 5.26 Å². The van der Waals surface area contributed by atoms with E-state index in [2.05, 4.69) is 71.3 Å². The maximum absolute atomic E-state index is 10.4.